The van der Waals surface area contributed by atoms with Crippen LogP contribution in [0.3, 0.4) is 0 Å². The van der Waals surface area contributed by atoms with Crippen LogP contribution in [-0.4, -0.2) is 23.2 Å². The number of nitro groups is 1. The van der Waals surface area contributed by atoms with E-state index in [1.54, 1.807) is 18.3 Å². The van der Waals surface area contributed by atoms with E-state index in [0.29, 0.717) is 0 Å². The van der Waals surface area contributed by atoms with E-state index in [1.165, 1.54) is 24.9 Å². The monoisotopic (exact) mass is 652 g/mol. The van der Waals surface area contributed by atoms with Gasteiger partial charge in [-0.15, -0.1) is 0 Å². The Balaban J connectivity index is 1.98. The molecule has 3 aromatic rings. The van der Waals surface area contributed by atoms with Crippen molar-refractivity contribution in [3.63, 3.8) is 0 Å². The van der Waals surface area contributed by atoms with Crippen LogP contribution in [0.5, 0.6) is 0 Å². The third-order valence-electron chi connectivity index (χ3n) is 3.89. The summed E-state index contributed by atoms with van der Waals surface area (Å²) in [7, 11) is 0. The topological polar surface area (TPSA) is 55.5 Å². The fourth-order valence-corrected chi connectivity index (χ4v) is 14.2. The molecule has 138 valence electrons. The standard InChI is InChI=1S/C20H16BrIN2O2Te/c1-15-7-12-19(23-14-16-8-10-17(11-9-16)24(25)26)20(13-15)27(21,22)18-5-3-2-4-6-18/h2-14H,1H3. The Morgan fingerprint density at radius 1 is 1.07 bits per heavy atom. The summed E-state index contributed by atoms with van der Waals surface area (Å²) < 4.78 is 2.56. The van der Waals surface area contributed by atoms with Gasteiger partial charge >= 0.3 is 179 Å². The fraction of sp³-hybridized carbons (Fsp3) is 0.0500. The summed E-state index contributed by atoms with van der Waals surface area (Å²) in [6.45, 7) is 2.08. The number of rotatable bonds is 5. The zero-order valence-electron chi connectivity index (χ0n) is 14.4. The fourth-order valence-electron chi connectivity index (χ4n) is 2.48. The first-order chi connectivity index (χ1) is 12.9. The van der Waals surface area contributed by atoms with Crippen molar-refractivity contribution < 1.29 is 4.92 Å². The molecular formula is C20H16BrIN2O2Te. The summed E-state index contributed by atoms with van der Waals surface area (Å²) in [6.07, 6.45) is 1.76. The van der Waals surface area contributed by atoms with Crippen molar-refractivity contribution in [2.75, 3.05) is 0 Å². The van der Waals surface area contributed by atoms with E-state index in [-0.39, 0.29) is 5.69 Å². The Labute approximate surface area is 177 Å². The predicted molar refractivity (Wildman–Crippen MR) is 126 cm³/mol. The number of non-ortho nitro benzene ring substituents is 1. The second-order valence-corrected chi connectivity index (χ2v) is 34.6. The summed E-state index contributed by atoms with van der Waals surface area (Å²) in [4.78, 5) is 15.1. The van der Waals surface area contributed by atoms with Gasteiger partial charge in [-0.3, -0.25) is 0 Å². The molecule has 3 rings (SSSR count). The van der Waals surface area contributed by atoms with Gasteiger partial charge in [-0.05, 0) is 0 Å². The van der Waals surface area contributed by atoms with E-state index in [4.69, 9.17) is 4.99 Å². The molecule has 0 fully saturated rings. The first-order valence-corrected chi connectivity index (χ1v) is 22.4. The molecule has 0 saturated carbocycles. The third kappa shape index (κ3) is 4.96. The molecule has 0 N–H and O–H groups in total. The predicted octanol–water partition coefficient (Wildman–Crippen LogP) is 5.04. The zero-order chi connectivity index (χ0) is 19.4. The van der Waals surface area contributed by atoms with E-state index in [0.717, 1.165) is 11.3 Å². The number of nitrogens with zero attached hydrogens (tertiary/aromatic N) is 2. The van der Waals surface area contributed by atoms with Gasteiger partial charge in [0, 0.05) is 0 Å². The SMILES string of the molecule is Cc1ccc(N=Cc2ccc([N+](=O)[O-])cc2)c([Te](Br)(I)c2ccccc2)c1. The molecule has 0 aliphatic heterocycles. The molecule has 0 saturated heterocycles. The maximum absolute atomic E-state index is 10.8. The Hall–Kier alpha value is -1.27. The second kappa shape index (κ2) is 8.82. The molecule has 3 aromatic carbocycles. The van der Waals surface area contributed by atoms with E-state index >= 15 is 0 Å². The van der Waals surface area contributed by atoms with Gasteiger partial charge in [0.2, 0.25) is 0 Å². The number of benzene rings is 3. The molecule has 0 aliphatic carbocycles. The van der Waals surface area contributed by atoms with Gasteiger partial charge in [0.1, 0.15) is 0 Å². The molecule has 0 heterocycles. The first kappa shape index (κ1) is 20.5. The number of nitro benzene ring substituents is 1. The van der Waals surface area contributed by atoms with Crippen LogP contribution in [0, 0.1) is 17.0 Å². The van der Waals surface area contributed by atoms with Crippen molar-refractivity contribution in [2.24, 2.45) is 4.99 Å². The molecular weight excluding hydrogens is 635 g/mol. The van der Waals surface area contributed by atoms with Crippen molar-refractivity contribution in [1.82, 2.24) is 0 Å². The van der Waals surface area contributed by atoms with Crippen LogP contribution in [-0.2, 0) is 0 Å². The molecule has 4 nitrogen and oxygen atoms in total. The maximum atomic E-state index is 10.8. The first-order valence-electron chi connectivity index (χ1n) is 8.05. The van der Waals surface area contributed by atoms with Crippen molar-refractivity contribution in [3.05, 3.63) is 94.0 Å². The van der Waals surface area contributed by atoms with E-state index in [2.05, 4.69) is 74.8 Å². The van der Waals surface area contributed by atoms with E-state index < -0.39 is 17.0 Å². The molecule has 27 heavy (non-hydrogen) atoms. The minimum atomic E-state index is -2.74. The van der Waals surface area contributed by atoms with Gasteiger partial charge in [-0.2, -0.15) is 0 Å². The summed E-state index contributed by atoms with van der Waals surface area (Å²) in [6, 6.07) is 23.2. The van der Waals surface area contributed by atoms with Crippen LogP contribution in [0.1, 0.15) is 11.1 Å². The molecule has 0 amide bonds. The van der Waals surface area contributed by atoms with Gasteiger partial charge in [-0.25, -0.2) is 0 Å². The van der Waals surface area contributed by atoms with Crippen LogP contribution in [0.2, 0.25) is 0 Å². The van der Waals surface area contributed by atoms with Crippen molar-refractivity contribution in [2.45, 2.75) is 6.92 Å². The number of halogens is 2. The quantitative estimate of drug-likeness (QED) is 0.128. The number of aryl methyl sites for hydroxylation is 1. The van der Waals surface area contributed by atoms with Gasteiger partial charge in [0.25, 0.3) is 0 Å². The van der Waals surface area contributed by atoms with E-state index in [1.807, 2.05) is 12.1 Å². The minimum absolute atomic E-state index is 0.0779. The van der Waals surface area contributed by atoms with Crippen molar-refractivity contribution in [3.8, 4) is 0 Å². The normalized spacial score (nSPS) is 14.6. The van der Waals surface area contributed by atoms with Crippen molar-refractivity contribution >= 4 is 68.3 Å². The summed E-state index contributed by atoms with van der Waals surface area (Å²) in [5, 5.41) is 10.8. The Morgan fingerprint density at radius 2 is 1.74 bits per heavy atom. The molecule has 0 aromatic heterocycles. The second-order valence-electron chi connectivity index (χ2n) is 5.86. The number of hydrogen-bond donors (Lipinski definition) is 0. The molecule has 0 aliphatic rings. The molecule has 0 bridgehead atoms. The summed E-state index contributed by atoms with van der Waals surface area (Å²) in [5.41, 5.74) is 3.03. The van der Waals surface area contributed by atoms with E-state index in [9.17, 15) is 10.1 Å². The Bertz CT molecular complexity index is 993. The van der Waals surface area contributed by atoms with Crippen molar-refractivity contribution in [1.29, 1.82) is 0 Å². The Kier molecular flexibility index (Phi) is 6.69. The van der Waals surface area contributed by atoms with Crippen LogP contribution in [0.15, 0.2) is 77.8 Å². The van der Waals surface area contributed by atoms with Gasteiger partial charge in [0.15, 0.2) is 0 Å². The van der Waals surface area contributed by atoms with Crippen LogP contribution in [0.25, 0.3) is 0 Å². The molecule has 1 atom stereocenters. The van der Waals surface area contributed by atoms with Gasteiger partial charge in [0.05, 0.1) is 0 Å². The summed E-state index contributed by atoms with van der Waals surface area (Å²) in [5.74, 6) is 0. The third-order valence-corrected chi connectivity index (χ3v) is 20.3. The Morgan fingerprint density at radius 3 is 2.37 bits per heavy atom. The molecule has 7 heteroatoms. The average molecular weight is 651 g/mol. The molecule has 0 spiro atoms. The number of hydrogen-bond acceptors (Lipinski definition) is 3. The summed E-state index contributed by atoms with van der Waals surface area (Å²) >= 11 is 3.90. The zero-order valence-corrected chi connectivity index (χ0v) is 20.5. The van der Waals surface area contributed by atoms with Gasteiger partial charge < -0.3 is 0 Å². The molecule has 1 unspecified atom stereocenters. The molecule has 0 radical (unpaired) electrons. The average Bonchev–Trinajstić information content (AvgIpc) is 2.68. The van der Waals surface area contributed by atoms with Crippen LogP contribution in [0.4, 0.5) is 11.4 Å². The van der Waals surface area contributed by atoms with Crippen LogP contribution >= 0.6 is 31.5 Å². The van der Waals surface area contributed by atoms with Gasteiger partial charge in [-0.1, -0.05) is 0 Å². The van der Waals surface area contributed by atoms with Crippen LogP contribution < -0.4 is 7.22 Å². The number of aliphatic imine (C=N–C) groups is 1.